The first-order chi connectivity index (χ1) is 9.02. The molecule has 0 fully saturated rings. The summed E-state index contributed by atoms with van der Waals surface area (Å²) >= 11 is 5.19. The molecule has 1 aliphatic rings. The molecule has 1 aromatic heterocycles. The van der Waals surface area contributed by atoms with Gasteiger partial charge in [-0.2, -0.15) is 0 Å². The first-order valence-corrected chi connectivity index (χ1v) is 7.47. The smallest absolute Gasteiger partial charge is 0.138 e. The Morgan fingerprint density at radius 1 is 1.53 bits per heavy atom. The van der Waals surface area contributed by atoms with Crippen molar-refractivity contribution in [2.45, 2.75) is 39.5 Å². The van der Waals surface area contributed by atoms with Gasteiger partial charge in [-0.1, -0.05) is 32.5 Å². The number of nitrogens with zero attached hydrogens (tertiary/aromatic N) is 2. The van der Waals surface area contributed by atoms with Gasteiger partial charge in [0.15, 0.2) is 0 Å². The molecule has 19 heavy (non-hydrogen) atoms. The predicted octanol–water partition coefficient (Wildman–Crippen LogP) is 2.69. The van der Waals surface area contributed by atoms with E-state index in [1.807, 2.05) is 0 Å². The minimum Gasteiger partial charge on any atom is -0.389 e. The fraction of sp³-hybridized carbons (Fsp3) is 0.600. The molecule has 3 nitrogen and oxygen atoms in total. The Balaban J connectivity index is 2.35. The van der Waals surface area contributed by atoms with Crippen molar-refractivity contribution in [3.8, 4) is 0 Å². The van der Waals surface area contributed by atoms with Gasteiger partial charge in [0.05, 0.1) is 5.56 Å². The zero-order valence-corrected chi connectivity index (χ0v) is 12.9. The number of anilines is 1. The Bertz CT molecular complexity index is 485. The van der Waals surface area contributed by atoms with Crippen LogP contribution < -0.4 is 10.6 Å². The monoisotopic (exact) mass is 277 g/mol. The van der Waals surface area contributed by atoms with Gasteiger partial charge in [0.25, 0.3) is 0 Å². The van der Waals surface area contributed by atoms with Gasteiger partial charge in [-0.25, -0.2) is 4.98 Å². The number of pyridine rings is 1. The molecule has 0 radical (unpaired) electrons. The summed E-state index contributed by atoms with van der Waals surface area (Å²) in [5.41, 5.74) is 9.36. The van der Waals surface area contributed by atoms with Crippen LogP contribution in [0.15, 0.2) is 6.07 Å². The lowest BCUT2D eigenvalue weighted by Gasteiger charge is -2.24. The largest absolute Gasteiger partial charge is 0.389 e. The Morgan fingerprint density at radius 3 is 2.89 bits per heavy atom. The van der Waals surface area contributed by atoms with Gasteiger partial charge >= 0.3 is 0 Å². The van der Waals surface area contributed by atoms with Crippen molar-refractivity contribution in [3.05, 3.63) is 22.9 Å². The van der Waals surface area contributed by atoms with Crippen molar-refractivity contribution in [1.29, 1.82) is 0 Å². The van der Waals surface area contributed by atoms with Gasteiger partial charge in [0, 0.05) is 19.3 Å². The van der Waals surface area contributed by atoms with Gasteiger partial charge in [-0.3, -0.25) is 0 Å². The van der Waals surface area contributed by atoms with Crippen LogP contribution in [-0.2, 0) is 12.8 Å². The topological polar surface area (TPSA) is 42.2 Å². The first-order valence-electron chi connectivity index (χ1n) is 7.06. The van der Waals surface area contributed by atoms with Crippen LogP contribution in [0.5, 0.6) is 0 Å². The first kappa shape index (κ1) is 14.3. The molecule has 0 spiro atoms. The lowest BCUT2D eigenvalue weighted by atomic mass is 10.1. The molecule has 2 rings (SSSR count). The molecule has 1 aromatic rings. The highest BCUT2D eigenvalue weighted by Gasteiger charge is 2.20. The van der Waals surface area contributed by atoms with Crippen LogP contribution in [0.2, 0.25) is 0 Å². The lowest BCUT2D eigenvalue weighted by Crippen LogP contribution is -2.28. The molecule has 0 bridgehead atoms. The molecule has 1 atom stereocenters. The van der Waals surface area contributed by atoms with E-state index in [4.69, 9.17) is 22.9 Å². The van der Waals surface area contributed by atoms with E-state index in [2.05, 4.69) is 31.9 Å². The summed E-state index contributed by atoms with van der Waals surface area (Å²) < 4.78 is 0. The minimum absolute atomic E-state index is 0.452. The van der Waals surface area contributed by atoms with Gasteiger partial charge in [0.1, 0.15) is 10.8 Å². The van der Waals surface area contributed by atoms with Crippen LogP contribution in [0, 0.1) is 5.92 Å². The summed E-state index contributed by atoms with van der Waals surface area (Å²) in [5, 5.41) is 0. The molecule has 1 unspecified atom stereocenters. The minimum atomic E-state index is 0.452. The maximum absolute atomic E-state index is 5.87. The van der Waals surface area contributed by atoms with Crippen LogP contribution in [-0.4, -0.2) is 23.6 Å². The van der Waals surface area contributed by atoms with Gasteiger partial charge in [-0.15, -0.1) is 0 Å². The number of aromatic nitrogens is 1. The number of aryl methyl sites for hydroxylation is 2. The van der Waals surface area contributed by atoms with Crippen molar-refractivity contribution < 1.29 is 0 Å². The molecule has 1 heterocycles. The second-order valence-electron chi connectivity index (χ2n) is 5.58. The third-order valence-corrected chi connectivity index (χ3v) is 4.16. The number of hydrogen-bond donors (Lipinski definition) is 1. The number of rotatable bonds is 5. The second-order valence-corrected chi connectivity index (χ2v) is 6.02. The van der Waals surface area contributed by atoms with E-state index in [1.54, 1.807) is 0 Å². The van der Waals surface area contributed by atoms with Gasteiger partial charge in [0.2, 0.25) is 0 Å². The summed E-state index contributed by atoms with van der Waals surface area (Å²) in [5.74, 6) is 1.59. The molecular weight excluding hydrogens is 254 g/mol. The zero-order chi connectivity index (χ0) is 14.0. The third-order valence-electron chi connectivity index (χ3n) is 3.94. The Hall–Kier alpha value is -1.16. The van der Waals surface area contributed by atoms with E-state index in [1.165, 1.54) is 17.7 Å². The Kier molecular flexibility index (Phi) is 4.40. The van der Waals surface area contributed by atoms with Crippen molar-refractivity contribution in [3.63, 3.8) is 0 Å². The predicted molar refractivity (Wildman–Crippen MR) is 84.9 cm³/mol. The average Bonchev–Trinajstić information content (AvgIpc) is 2.83. The number of hydrogen-bond acceptors (Lipinski definition) is 3. The molecule has 0 saturated heterocycles. The number of fused-ring (bicyclic) bond motifs is 1. The Morgan fingerprint density at radius 2 is 2.26 bits per heavy atom. The summed E-state index contributed by atoms with van der Waals surface area (Å²) in [6.45, 7) is 5.45. The molecule has 104 valence electrons. The van der Waals surface area contributed by atoms with Gasteiger partial charge in [-0.05, 0) is 36.8 Å². The highest BCUT2D eigenvalue weighted by Crippen LogP contribution is 2.27. The maximum atomic E-state index is 5.87. The molecule has 0 amide bonds. The van der Waals surface area contributed by atoms with Crippen molar-refractivity contribution in [1.82, 2.24) is 4.98 Å². The zero-order valence-electron chi connectivity index (χ0n) is 12.1. The average molecular weight is 277 g/mol. The lowest BCUT2D eigenvalue weighted by molar-refractivity contribution is 0.557. The van der Waals surface area contributed by atoms with Crippen molar-refractivity contribution in [2.24, 2.45) is 11.7 Å². The summed E-state index contributed by atoms with van der Waals surface area (Å²) in [4.78, 5) is 7.47. The Labute approximate surface area is 121 Å². The van der Waals surface area contributed by atoms with Crippen LogP contribution >= 0.6 is 12.2 Å². The molecule has 1 aliphatic carbocycles. The van der Waals surface area contributed by atoms with E-state index in [0.717, 1.165) is 37.2 Å². The fourth-order valence-electron chi connectivity index (χ4n) is 2.62. The van der Waals surface area contributed by atoms with E-state index in [9.17, 15) is 0 Å². The number of nitrogens with two attached hydrogens (primary N) is 1. The van der Waals surface area contributed by atoms with Crippen molar-refractivity contribution >= 4 is 23.0 Å². The van der Waals surface area contributed by atoms with Crippen LogP contribution in [0.25, 0.3) is 0 Å². The SMILES string of the molecule is CCC(C)CN(C)c1nc2c(cc1C(N)=S)CCC2. The molecule has 0 saturated carbocycles. The van der Waals surface area contributed by atoms with E-state index >= 15 is 0 Å². The molecular formula is C15H23N3S. The molecule has 0 aromatic carbocycles. The van der Waals surface area contributed by atoms with Crippen molar-refractivity contribution in [2.75, 3.05) is 18.5 Å². The van der Waals surface area contributed by atoms with Crippen LogP contribution in [0.1, 0.15) is 43.5 Å². The molecule has 4 heteroatoms. The summed E-state index contributed by atoms with van der Waals surface area (Å²) in [6, 6.07) is 2.15. The molecule has 0 aliphatic heterocycles. The van der Waals surface area contributed by atoms with Gasteiger partial charge < -0.3 is 10.6 Å². The highest BCUT2D eigenvalue weighted by atomic mass is 32.1. The molecule has 2 N–H and O–H groups in total. The standard InChI is InChI=1S/C15H23N3S/c1-4-10(2)9-18(3)15-12(14(16)19)8-11-6-5-7-13(11)17-15/h8,10H,4-7,9H2,1-3H3,(H2,16,19). The van der Waals surface area contributed by atoms with E-state index in [-0.39, 0.29) is 0 Å². The summed E-state index contributed by atoms with van der Waals surface area (Å²) in [6.07, 6.45) is 4.54. The van der Waals surface area contributed by atoms with Crippen LogP contribution in [0.3, 0.4) is 0 Å². The number of thiocarbonyl (C=S) groups is 1. The van der Waals surface area contributed by atoms with E-state index < -0.39 is 0 Å². The normalized spacial score (nSPS) is 15.1. The second kappa shape index (κ2) is 5.87. The maximum Gasteiger partial charge on any atom is 0.138 e. The fourth-order valence-corrected chi connectivity index (χ4v) is 2.77. The highest BCUT2D eigenvalue weighted by molar-refractivity contribution is 7.80. The quantitative estimate of drug-likeness (QED) is 0.840. The third kappa shape index (κ3) is 3.06. The van der Waals surface area contributed by atoms with Crippen LogP contribution in [0.4, 0.5) is 5.82 Å². The van der Waals surface area contributed by atoms with E-state index in [0.29, 0.717) is 10.9 Å². The summed E-state index contributed by atoms with van der Waals surface area (Å²) in [7, 11) is 2.08.